The first-order valence-corrected chi connectivity index (χ1v) is 6.11. The van der Waals surface area contributed by atoms with Crippen LogP contribution in [0.4, 0.5) is 3.89 Å². The van der Waals surface area contributed by atoms with Crippen LogP contribution >= 0.6 is 0 Å². The van der Waals surface area contributed by atoms with E-state index in [0.29, 0.717) is 0 Å². The van der Waals surface area contributed by atoms with Gasteiger partial charge in [-0.25, -0.2) is 8.42 Å². The molecule has 0 rings (SSSR count). The largest absolute Gasteiger partial charge is 0.748 e. The van der Waals surface area contributed by atoms with Crippen LogP contribution in [0, 0.1) is 0 Å². The van der Waals surface area contributed by atoms with Crippen molar-refractivity contribution in [2.24, 2.45) is 0 Å². The van der Waals surface area contributed by atoms with Gasteiger partial charge in [0.15, 0.2) is 0 Å². The standard InChI is InChI=1S/C2H5FO2S.C2H6O3S/c2*1-2-6(3,4)5/h2H2,1H3;2H2,1H3,(H,3,4,5)/p-1. The fraction of sp³-hybridized carbons (Fsp3) is 1.00. The summed E-state index contributed by atoms with van der Waals surface area (Å²) in [5.74, 6) is -0.736. The Balaban J connectivity index is 0. The maximum atomic E-state index is 11.1. The van der Waals surface area contributed by atoms with Crippen molar-refractivity contribution in [2.45, 2.75) is 13.8 Å². The van der Waals surface area contributed by atoms with E-state index in [1.807, 2.05) is 0 Å². The number of hydrogen-bond donors (Lipinski definition) is 0. The van der Waals surface area contributed by atoms with Gasteiger partial charge in [-0.05, 0) is 6.92 Å². The molecule has 0 aromatic rings. The zero-order chi connectivity index (χ0) is 10.4. The van der Waals surface area contributed by atoms with E-state index in [4.69, 9.17) is 0 Å². The Morgan fingerprint density at radius 1 is 1.08 bits per heavy atom. The minimum absolute atomic E-state index is 0.312. The SMILES string of the molecule is CCS(=O)(=O)F.CCS(=O)(=O)[O-]. The molecule has 5 nitrogen and oxygen atoms in total. The monoisotopic (exact) mass is 221 g/mol. The maximum Gasteiger partial charge on any atom is 0.302 e. The molecular formula is C4H10FO5S2-. The Hall–Kier alpha value is -0.210. The lowest BCUT2D eigenvalue weighted by molar-refractivity contribution is 0.464. The van der Waals surface area contributed by atoms with Crippen LogP contribution < -0.4 is 0 Å². The van der Waals surface area contributed by atoms with E-state index in [2.05, 4.69) is 0 Å². The minimum Gasteiger partial charge on any atom is -0.748 e. The molecule has 0 fully saturated rings. The smallest absolute Gasteiger partial charge is 0.302 e. The van der Waals surface area contributed by atoms with Gasteiger partial charge < -0.3 is 4.55 Å². The summed E-state index contributed by atoms with van der Waals surface area (Å²) in [6.07, 6.45) is 0. The predicted octanol–water partition coefficient (Wildman–Crippen LogP) is -0.143. The summed E-state index contributed by atoms with van der Waals surface area (Å²) in [6, 6.07) is 0. The highest BCUT2D eigenvalue weighted by atomic mass is 32.3. The summed E-state index contributed by atoms with van der Waals surface area (Å²) in [5, 5.41) is 0. The number of rotatable bonds is 2. The van der Waals surface area contributed by atoms with Crippen LogP contribution in [0.15, 0.2) is 0 Å². The Morgan fingerprint density at radius 3 is 1.25 bits per heavy atom. The van der Waals surface area contributed by atoms with E-state index in [1.54, 1.807) is 0 Å². The van der Waals surface area contributed by atoms with Crippen LogP contribution in [0.1, 0.15) is 13.8 Å². The normalized spacial score (nSPS) is 11.7. The Bertz CT molecular complexity index is 257. The van der Waals surface area contributed by atoms with Gasteiger partial charge in [-0.3, -0.25) is 0 Å². The van der Waals surface area contributed by atoms with Gasteiger partial charge >= 0.3 is 10.2 Å². The molecule has 0 N–H and O–H groups in total. The second-order valence-electron chi connectivity index (χ2n) is 1.67. The molecule has 0 radical (unpaired) electrons. The van der Waals surface area contributed by atoms with Crippen LogP contribution in [-0.2, 0) is 20.3 Å². The third-order valence-electron chi connectivity index (χ3n) is 0.698. The Morgan fingerprint density at radius 2 is 1.25 bits per heavy atom. The summed E-state index contributed by atoms with van der Waals surface area (Å²) in [6.45, 7) is 2.55. The molecule has 0 atom stereocenters. The second-order valence-corrected chi connectivity index (χ2v) is 5.02. The van der Waals surface area contributed by atoms with Crippen molar-refractivity contribution in [3.05, 3.63) is 0 Å². The average Bonchev–Trinajstić information content (AvgIpc) is 1.86. The summed E-state index contributed by atoms with van der Waals surface area (Å²) in [5.41, 5.74) is 0. The average molecular weight is 221 g/mol. The molecule has 0 aliphatic heterocycles. The van der Waals surface area contributed by atoms with Crippen molar-refractivity contribution in [1.82, 2.24) is 0 Å². The van der Waals surface area contributed by atoms with Crippen molar-refractivity contribution >= 4 is 20.3 Å². The van der Waals surface area contributed by atoms with Crippen LogP contribution in [-0.4, -0.2) is 32.9 Å². The van der Waals surface area contributed by atoms with Crippen molar-refractivity contribution in [2.75, 3.05) is 11.5 Å². The molecule has 0 aromatic heterocycles. The van der Waals surface area contributed by atoms with E-state index in [1.165, 1.54) is 13.8 Å². The minimum atomic E-state index is -4.16. The molecule has 0 bridgehead atoms. The molecule has 0 aliphatic rings. The zero-order valence-corrected chi connectivity index (χ0v) is 8.28. The van der Waals surface area contributed by atoms with Crippen LogP contribution in [0.3, 0.4) is 0 Å². The van der Waals surface area contributed by atoms with Gasteiger partial charge in [0.25, 0.3) is 0 Å². The molecule has 0 heterocycles. The molecule has 0 aromatic carbocycles. The molecule has 0 unspecified atom stereocenters. The second kappa shape index (κ2) is 5.44. The maximum absolute atomic E-state index is 11.1. The van der Waals surface area contributed by atoms with Crippen LogP contribution in [0.2, 0.25) is 0 Å². The van der Waals surface area contributed by atoms with Gasteiger partial charge in [-0.15, -0.1) is 3.89 Å². The first-order chi connectivity index (χ1) is 5.12. The first-order valence-electron chi connectivity index (χ1n) is 2.98. The molecule has 0 aliphatic carbocycles. The van der Waals surface area contributed by atoms with Crippen LogP contribution in [0.5, 0.6) is 0 Å². The quantitative estimate of drug-likeness (QED) is 0.478. The molecule has 0 spiro atoms. The summed E-state index contributed by atoms with van der Waals surface area (Å²) < 4.78 is 58.1. The molecule has 8 heteroatoms. The van der Waals surface area contributed by atoms with Crippen molar-refractivity contribution < 1.29 is 25.3 Å². The van der Waals surface area contributed by atoms with Gasteiger partial charge in [0.05, 0.1) is 15.9 Å². The van der Waals surface area contributed by atoms with E-state index in [0.717, 1.165) is 0 Å². The van der Waals surface area contributed by atoms with E-state index in [9.17, 15) is 25.3 Å². The lowest BCUT2D eigenvalue weighted by atomic mass is 11.0. The van der Waals surface area contributed by atoms with E-state index in [-0.39, 0.29) is 5.75 Å². The van der Waals surface area contributed by atoms with Gasteiger partial charge in [0.1, 0.15) is 0 Å². The Kier molecular flexibility index (Phi) is 6.49. The summed E-state index contributed by atoms with van der Waals surface area (Å²) >= 11 is 0. The highest BCUT2D eigenvalue weighted by Gasteiger charge is 1.97. The van der Waals surface area contributed by atoms with Crippen molar-refractivity contribution in [3.63, 3.8) is 0 Å². The Labute approximate surface area is 71.6 Å². The molecule has 76 valence electrons. The third kappa shape index (κ3) is 22.6. The highest BCUT2D eigenvalue weighted by Crippen LogP contribution is 1.85. The fourth-order valence-electron chi connectivity index (χ4n) is 0. The van der Waals surface area contributed by atoms with Gasteiger partial charge in [0, 0.05) is 5.75 Å². The summed E-state index contributed by atoms with van der Waals surface area (Å²) in [7, 11) is -8.07. The lowest BCUT2D eigenvalue weighted by Gasteiger charge is -1.97. The third-order valence-corrected chi connectivity index (χ3v) is 2.10. The topological polar surface area (TPSA) is 91.3 Å². The molecule has 0 amide bonds. The molecular weight excluding hydrogens is 211 g/mol. The van der Waals surface area contributed by atoms with Gasteiger partial charge in [-0.2, -0.15) is 8.42 Å². The molecule has 12 heavy (non-hydrogen) atoms. The van der Waals surface area contributed by atoms with Crippen molar-refractivity contribution in [3.8, 4) is 0 Å². The van der Waals surface area contributed by atoms with Crippen LogP contribution in [0.25, 0.3) is 0 Å². The van der Waals surface area contributed by atoms with E-state index >= 15 is 0 Å². The zero-order valence-electron chi connectivity index (χ0n) is 6.65. The van der Waals surface area contributed by atoms with Crippen molar-refractivity contribution in [1.29, 1.82) is 0 Å². The molecule has 0 saturated heterocycles. The lowest BCUT2D eigenvalue weighted by Crippen LogP contribution is -1.98. The van der Waals surface area contributed by atoms with E-state index < -0.39 is 26.1 Å². The highest BCUT2D eigenvalue weighted by molar-refractivity contribution is 7.86. The number of halogens is 1. The summed E-state index contributed by atoms with van der Waals surface area (Å²) in [4.78, 5) is 0. The van der Waals surface area contributed by atoms with Gasteiger partial charge in [-0.1, -0.05) is 6.92 Å². The first kappa shape index (κ1) is 14.3. The van der Waals surface area contributed by atoms with Gasteiger partial charge in [0.2, 0.25) is 0 Å². The fourth-order valence-corrected chi connectivity index (χ4v) is 0. The number of hydrogen-bond acceptors (Lipinski definition) is 5. The predicted molar refractivity (Wildman–Crippen MR) is 40.8 cm³/mol. The molecule has 0 saturated carbocycles.